The van der Waals surface area contributed by atoms with E-state index < -0.39 is 0 Å². The van der Waals surface area contributed by atoms with Crippen LogP contribution in [0, 0.1) is 11.7 Å². The normalized spacial score (nSPS) is 20.2. The molecule has 19 heavy (non-hydrogen) atoms. The molecule has 2 rings (SSSR count). The van der Waals surface area contributed by atoms with E-state index in [1.165, 1.54) is 6.07 Å². The monoisotopic (exact) mass is 265 g/mol. The molecule has 1 aromatic rings. The van der Waals surface area contributed by atoms with Gasteiger partial charge in [0.05, 0.1) is 0 Å². The molecule has 0 amide bonds. The van der Waals surface area contributed by atoms with E-state index >= 15 is 0 Å². The third-order valence-corrected chi connectivity index (χ3v) is 4.00. The number of hydrogen-bond acceptors (Lipinski definition) is 2. The van der Waals surface area contributed by atoms with E-state index in [0.717, 1.165) is 38.0 Å². The van der Waals surface area contributed by atoms with Crippen LogP contribution < -0.4 is 5.32 Å². The van der Waals surface area contributed by atoms with Crippen molar-refractivity contribution in [2.45, 2.75) is 45.2 Å². The van der Waals surface area contributed by atoms with Gasteiger partial charge in [-0.1, -0.05) is 18.2 Å². The van der Waals surface area contributed by atoms with Gasteiger partial charge in [0.1, 0.15) is 5.82 Å². The van der Waals surface area contributed by atoms with Crippen LogP contribution >= 0.6 is 0 Å². The Morgan fingerprint density at radius 1 is 1.26 bits per heavy atom. The molecule has 2 nitrogen and oxygen atoms in total. The number of benzene rings is 1. The van der Waals surface area contributed by atoms with Gasteiger partial charge >= 0.3 is 0 Å². The van der Waals surface area contributed by atoms with E-state index in [-0.39, 0.29) is 11.9 Å². The Kier molecular flexibility index (Phi) is 5.34. The summed E-state index contributed by atoms with van der Waals surface area (Å²) in [5.41, 5.74) is 0.793. The highest BCUT2D eigenvalue weighted by Crippen LogP contribution is 2.19. The first kappa shape index (κ1) is 14.5. The van der Waals surface area contributed by atoms with Crippen molar-refractivity contribution in [3.8, 4) is 0 Å². The van der Waals surface area contributed by atoms with Crippen LogP contribution in [-0.4, -0.2) is 25.3 Å². The zero-order valence-electron chi connectivity index (χ0n) is 11.9. The highest BCUT2D eigenvalue weighted by atomic mass is 19.1. The van der Waals surface area contributed by atoms with E-state index in [0.29, 0.717) is 12.0 Å². The van der Waals surface area contributed by atoms with E-state index in [9.17, 15) is 4.39 Å². The summed E-state index contributed by atoms with van der Waals surface area (Å²) in [6.45, 7) is 6.10. The minimum Gasteiger partial charge on any atom is -0.381 e. The summed E-state index contributed by atoms with van der Waals surface area (Å²) in [5, 5.41) is 3.60. The molecular formula is C16H24FNO. The maximum absolute atomic E-state index is 13.6. The molecule has 3 heteroatoms. The highest BCUT2D eigenvalue weighted by molar-refractivity contribution is 5.18. The van der Waals surface area contributed by atoms with Gasteiger partial charge < -0.3 is 10.1 Å². The average Bonchev–Trinajstić information content (AvgIpc) is 2.42. The standard InChI is InChI=1S/C16H24FNO/c1-12(11-15-5-3-4-6-16(15)17)18-13(2)14-7-9-19-10-8-14/h3-6,12-14,18H,7-11H2,1-2H3. The Bertz CT molecular complexity index is 390. The van der Waals surface area contributed by atoms with Crippen LogP contribution in [0.1, 0.15) is 32.3 Å². The van der Waals surface area contributed by atoms with Crippen molar-refractivity contribution >= 4 is 0 Å². The lowest BCUT2D eigenvalue weighted by atomic mass is 9.92. The van der Waals surface area contributed by atoms with Crippen molar-refractivity contribution in [2.24, 2.45) is 5.92 Å². The molecule has 0 saturated carbocycles. The molecule has 1 aromatic carbocycles. The molecule has 2 unspecified atom stereocenters. The number of nitrogens with one attached hydrogen (secondary N) is 1. The summed E-state index contributed by atoms with van der Waals surface area (Å²) in [7, 11) is 0. The van der Waals surface area contributed by atoms with Gasteiger partial charge in [-0.05, 0) is 50.7 Å². The van der Waals surface area contributed by atoms with Crippen LogP contribution in [0.3, 0.4) is 0 Å². The Morgan fingerprint density at radius 3 is 2.63 bits per heavy atom. The average molecular weight is 265 g/mol. The fraction of sp³-hybridized carbons (Fsp3) is 0.625. The first-order valence-corrected chi connectivity index (χ1v) is 7.24. The molecule has 0 aliphatic carbocycles. The molecule has 0 spiro atoms. The van der Waals surface area contributed by atoms with Crippen molar-refractivity contribution in [2.75, 3.05) is 13.2 Å². The lowest BCUT2D eigenvalue weighted by Crippen LogP contribution is -2.42. The molecule has 1 fully saturated rings. The summed E-state index contributed by atoms with van der Waals surface area (Å²) < 4.78 is 19.0. The summed E-state index contributed by atoms with van der Waals surface area (Å²) in [6, 6.07) is 7.78. The molecule has 1 aliphatic rings. The molecule has 1 N–H and O–H groups in total. The van der Waals surface area contributed by atoms with E-state index in [1.807, 2.05) is 12.1 Å². The van der Waals surface area contributed by atoms with Crippen LogP contribution in [-0.2, 0) is 11.2 Å². The first-order chi connectivity index (χ1) is 9.16. The maximum Gasteiger partial charge on any atom is 0.126 e. The fourth-order valence-corrected chi connectivity index (χ4v) is 2.85. The molecule has 2 atom stereocenters. The van der Waals surface area contributed by atoms with E-state index in [1.54, 1.807) is 6.07 Å². The third kappa shape index (κ3) is 4.29. The third-order valence-electron chi connectivity index (χ3n) is 4.00. The van der Waals surface area contributed by atoms with Gasteiger partial charge in [0.2, 0.25) is 0 Å². The lowest BCUT2D eigenvalue weighted by molar-refractivity contribution is 0.0547. The second kappa shape index (κ2) is 7.01. The van der Waals surface area contributed by atoms with Crippen molar-refractivity contribution in [1.82, 2.24) is 5.32 Å². The van der Waals surface area contributed by atoms with Gasteiger partial charge in [0.25, 0.3) is 0 Å². The fourth-order valence-electron chi connectivity index (χ4n) is 2.85. The minimum atomic E-state index is -0.102. The van der Waals surface area contributed by atoms with Gasteiger partial charge in [-0.2, -0.15) is 0 Å². The first-order valence-electron chi connectivity index (χ1n) is 7.24. The van der Waals surface area contributed by atoms with Crippen molar-refractivity contribution in [3.63, 3.8) is 0 Å². The Hall–Kier alpha value is -0.930. The molecular weight excluding hydrogens is 241 g/mol. The van der Waals surface area contributed by atoms with Gasteiger partial charge in [-0.25, -0.2) is 4.39 Å². The van der Waals surface area contributed by atoms with Crippen molar-refractivity contribution < 1.29 is 9.13 Å². The molecule has 106 valence electrons. The van der Waals surface area contributed by atoms with Crippen molar-refractivity contribution in [1.29, 1.82) is 0 Å². The largest absolute Gasteiger partial charge is 0.381 e. The zero-order chi connectivity index (χ0) is 13.7. The molecule has 0 radical (unpaired) electrons. The smallest absolute Gasteiger partial charge is 0.126 e. The number of hydrogen-bond donors (Lipinski definition) is 1. The summed E-state index contributed by atoms with van der Waals surface area (Å²) in [6.07, 6.45) is 2.99. The summed E-state index contributed by atoms with van der Waals surface area (Å²) in [5.74, 6) is 0.576. The highest BCUT2D eigenvalue weighted by Gasteiger charge is 2.21. The van der Waals surface area contributed by atoms with Gasteiger partial charge in [0.15, 0.2) is 0 Å². The molecule has 1 saturated heterocycles. The topological polar surface area (TPSA) is 21.3 Å². The Labute approximate surface area is 115 Å². The van der Waals surface area contributed by atoms with Gasteiger partial charge in [0, 0.05) is 25.3 Å². The number of ether oxygens (including phenoxy) is 1. The Balaban J connectivity index is 1.83. The van der Waals surface area contributed by atoms with E-state index in [2.05, 4.69) is 19.2 Å². The van der Waals surface area contributed by atoms with Crippen LogP contribution in [0.15, 0.2) is 24.3 Å². The summed E-state index contributed by atoms with van der Waals surface area (Å²) >= 11 is 0. The minimum absolute atomic E-state index is 0.102. The van der Waals surface area contributed by atoms with Gasteiger partial charge in [-0.15, -0.1) is 0 Å². The molecule has 1 heterocycles. The Morgan fingerprint density at radius 2 is 1.95 bits per heavy atom. The second-order valence-corrected chi connectivity index (χ2v) is 5.60. The zero-order valence-corrected chi connectivity index (χ0v) is 11.9. The quantitative estimate of drug-likeness (QED) is 0.883. The predicted octanol–water partition coefficient (Wildman–Crippen LogP) is 3.16. The number of rotatable bonds is 5. The van der Waals surface area contributed by atoms with Crippen LogP contribution in [0.5, 0.6) is 0 Å². The molecule has 1 aliphatic heterocycles. The number of halogens is 1. The van der Waals surface area contributed by atoms with Crippen LogP contribution in [0.25, 0.3) is 0 Å². The van der Waals surface area contributed by atoms with Crippen LogP contribution in [0.4, 0.5) is 4.39 Å². The predicted molar refractivity (Wildman–Crippen MR) is 75.7 cm³/mol. The van der Waals surface area contributed by atoms with Gasteiger partial charge in [-0.3, -0.25) is 0 Å². The van der Waals surface area contributed by atoms with Crippen molar-refractivity contribution in [3.05, 3.63) is 35.6 Å². The molecule has 0 aromatic heterocycles. The second-order valence-electron chi connectivity index (χ2n) is 5.60. The maximum atomic E-state index is 13.6. The van der Waals surface area contributed by atoms with E-state index in [4.69, 9.17) is 4.74 Å². The summed E-state index contributed by atoms with van der Waals surface area (Å²) in [4.78, 5) is 0. The SMILES string of the molecule is CC(Cc1ccccc1F)NC(C)C1CCOCC1. The van der Waals surface area contributed by atoms with Crippen LogP contribution in [0.2, 0.25) is 0 Å². The molecule has 0 bridgehead atoms. The lowest BCUT2D eigenvalue weighted by Gasteiger charge is -2.30.